The molecule has 0 saturated heterocycles. The molecule has 0 radical (unpaired) electrons. The Kier molecular flexibility index (Phi) is 4.00. The molecule has 3 aromatic rings. The molecule has 0 bridgehead atoms. The highest BCUT2D eigenvalue weighted by Crippen LogP contribution is 2.37. The van der Waals surface area contributed by atoms with Gasteiger partial charge in [0.2, 0.25) is 5.91 Å². The van der Waals surface area contributed by atoms with Gasteiger partial charge in [0.05, 0.1) is 12.5 Å². The summed E-state index contributed by atoms with van der Waals surface area (Å²) in [6.07, 6.45) is 9.63. The first-order valence-corrected chi connectivity index (χ1v) is 9.56. The molecule has 1 aliphatic carbocycles. The van der Waals surface area contributed by atoms with Crippen LogP contribution in [0.4, 0.5) is 0 Å². The van der Waals surface area contributed by atoms with Crippen molar-refractivity contribution in [2.75, 3.05) is 6.54 Å². The number of imidazole rings is 1. The van der Waals surface area contributed by atoms with Gasteiger partial charge in [-0.3, -0.25) is 9.78 Å². The molecule has 0 N–H and O–H groups in total. The third-order valence-electron chi connectivity index (χ3n) is 5.57. The summed E-state index contributed by atoms with van der Waals surface area (Å²) in [7, 11) is 0. The number of carbonyl (C=O) groups excluding carboxylic acids is 1. The van der Waals surface area contributed by atoms with E-state index in [1.54, 1.807) is 6.20 Å². The maximum Gasteiger partial charge on any atom is 0.226 e. The molecule has 5 rings (SSSR count). The summed E-state index contributed by atoms with van der Waals surface area (Å²) in [6, 6.07) is 12.5. The molecule has 5 heteroatoms. The topological polar surface area (TPSA) is 51.0 Å². The van der Waals surface area contributed by atoms with Crippen LogP contribution in [0.1, 0.15) is 41.3 Å². The highest BCUT2D eigenvalue weighted by atomic mass is 16.2. The molecule has 5 nitrogen and oxygen atoms in total. The number of hydrogen-bond acceptors (Lipinski definition) is 3. The van der Waals surface area contributed by atoms with Crippen molar-refractivity contribution in [3.05, 3.63) is 83.7 Å². The first-order chi connectivity index (χ1) is 13.3. The Balaban J connectivity index is 1.50. The Labute approximate surface area is 158 Å². The second-order valence-corrected chi connectivity index (χ2v) is 7.52. The molecule has 1 aromatic carbocycles. The number of pyridine rings is 1. The van der Waals surface area contributed by atoms with E-state index in [0.717, 1.165) is 30.8 Å². The fourth-order valence-corrected chi connectivity index (χ4v) is 4.04. The molecule has 2 aromatic heterocycles. The minimum Gasteiger partial charge on any atom is -0.337 e. The summed E-state index contributed by atoms with van der Waals surface area (Å²) in [5.74, 6) is 1.66. The average molecular weight is 358 g/mol. The zero-order chi connectivity index (χ0) is 18.2. The van der Waals surface area contributed by atoms with Gasteiger partial charge in [0.25, 0.3) is 0 Å². The van der Waals surface area contributed by atoms with Crippen LogP contribution in [-0.4, -0.2) is 31.9 Å². The SMILES string of the molecule is O=C(C1CC1)N1Cc2ccccc2[C@H](c2nccn2Cc2cccnc2)C1. The Morgan fingerprint density at radius 3 is 2.81 bits per heavy atom. The van der Waals surface area contributed by atoms with E-state index in [0.29, 0.717) is 19.0 Å². The second kappa shape index (κ2) is 6.65. The summed E-state index contributed by atoms with van der Waals surface area (Å²) < 4.78 is 2.18. The van der Waals surface area contributed by atoms with E-state index in [2.05, 4.69) is 39.9 Å². The van der Waals surface area contributed by atoms with E-state index in [-0.39, 0.29) is 11.8 Å². The Hall–Kier alpha value is -2.95. The quantitative estimate of drug-likeness (QED) is 0.720. The standard InChI is InChI=1S/C22H22N4O/c27-22(17-7-8-17)26-14-18-5-1-2-6-19(18)20(15-26)21-24-10-11-25(21)13-16-4-3-9-23-12-16/h1-6,9-12,17,20H,7-8,13-15H2/t20-/m1/s1. The molecular weight excluding hydrogens is 336 g/mol. The van der Waals surface area contributed by atoms with Gasteiger partial charge >= 0.3 is 0 Å². The second-order valence-electron chi connectivity index (χ2n) is 7.52. The van der Waals surface area contributed by atoms with E-state index in [1.165, 1.54) is 11.1 Å². The molecule has 1 amide bonds. The lowest BCUT2D eigenvalue weighted by molar-refractivity contribution is -0.133. The summed E-state index contributed by atoms with van der Waals surface area (Å²) in [5.41, 5.74) is 3.67. The number of amides is 1. The van der Waals surface area contributed by atoms with Gasteiger partial charge in [-0.1, -0.05) is 30.3 Å². The first kappa shape index (κ1) is 16.2. The zero-order valence-electron chi connectivity index (χ0n) is 15.2. The maximum absolute atomic E-state index is 12.8. The van der Waals surface area contributed by atoms with Crippen LogP contribution in [0.2, 0.25) is 0 Å². The summed E-state index contributed by atoms with van der Waals surface area (Å²) >= 11 is 0. The van der Waals surface area contributed by atoms with Gasteiger partial charge in [0.15, 0.2) is 0 Å². The zero-order valence-corrected chi connectivity index (χ0v) is 15.2. The molecule has 2 aliphatic rings. The van der Waals surface area contributed by atoms with Crippen LogP contribution in [0, 0.1) is 5.92 Å². The van der Waals surface area contributed by atoms with Crippen LogP contribution < -0.4 is 0 Å². The summed E-state index contributed by atoms with van der Waals surface area (Å²) in [6.45, 7) is 2.15. The van der Waals surface area contributed by atoms with E-state index in [1.807, 2.05) is 29.6 Å². The van der Waals surface area contributed by atoms with Crippen molar-refractivity contribution in [1.82, 2.24) is 19.4 Å². The van der Waals surface area contributed by atoms with Crippen molar-refractivity contribution < 1.29 is 4.79 Å². The van der Waals surface area contributed by atoms with Crippen LogP contribution in [0.25, 0.3) is 0 Å². The van der Waals surface area contributed by atoms with Gasteiger partial charge < -0.3 is 9.47 Å². The molecule has 1 aliphatic heterocycles. The van der Waals surface area contributed by atoms with Crippen LogP contribution in [0.5, 0.6) is 0 Å². The van der Waals surface area contributed by atoms with Gasteiger partial charge in [0.1, 0.15) is 5.82 Å². The fraction of sp³-hybridized carbons (Fsp3) is 0.318. The van der Waals surface area contributed by atoms with Gasteiger partial charge in [-0.05, 0) is 35.6 Å². The lowest BCUT2D eigenvalue weighted by atomic mass is 9.88. The molecule has 3 heterocycles. The van der Waals surface area contributed by atoms with Crippen molar-refractivity contribution in [3.8, 4) is 0 Å². The molecular formula is C22H22N4O. The van der Waals surface area contributed by atoms with Crippen molar-refractivity contribution in [3.63, 3.8) is 0 Å². The Morgan fingerprint density at radius 1 is 1.11 bits per heavy atom. The van der Waals surface area contributed by atoms with Crippen molar-refractivity contribution in [2.24, 2.45) is 5.92 Å². The number of fused-ring (bicyclic) bond motifs is 1. The van der Waals surface area contributed by atoms with E-state index in [4.69, 9.17) is 4.98 Å². The van der Waals surface area contributed by atoms with Gasteiger partial charge in [-0.2, -0.15) is 0 Å². The van der Waals surface area contributed by atoms with Gasteiger partial charge in [-0.25, -0.2) is 4.98 Å². The highest BCUT2D eigenvalue weighted by molar-refractivity contribution is 5.81. The predicted octanol–water partition coefficient (Wildman–Crippen LogP) is 3.21. The molecule has 1 fully saturated rings. The van der Waals surface area contributed by atoms with E-state index in [9.17, 15) is 4.79 Å². The number of hydrogen-bond donors (Lipinski definition) is 0. The Bertz CT molecular complexity index is 961. The smallest absolute Gasteiger partial charge is 0.226 e. The normalized spacial score (nSPS) is 19.0. The van der Waals surface area contributed by atoms with Crippen LogP contribution in [0.3, 0.4) is 0 Å². The third kappa shape index (κ3) is 3.14. The number of nitrogens with zero attached hydrogens (tertiary/aromatic N) is 4. The molecule has 0 unspecified atom stereocenters. The third-order valence-corrected chi connectivity index (χ3v) is 5.57. The number of aromatic nitrogens is 3. The molecule has 136 valence electrons. The lowest BCUT2D eigenvalue weighted by Gasteiger charge is -2.35. The van der Waals surface area contributed by atoms with Crippen LogP contribution in [-0.2, 0) is 17.9 Å². The fourth-order valence-electron chi connectivity index (χ4n) is 4.04. The molecule has 27 heavy (non-hydrogen) atoms. The monoisotopic (exact) mass is 358 g/mol. The largest absolute Gasteiger partial charge is 0.337 e. The lowest BCUT2D eigenvalue weighted by Crippen LogP contribution is -2.40. The van der Waals surface area contributed by atoms with Crippen molar-refractivity contribution in [2.45, 2.75) is 31.8 Å². The Morgan fingerprint density at radius 2 is 2.00 bits per heavy atom. The minimum absolute atomic E-state index is 0.101. The minimum atomic E-state index is 0.101. The maximum atomic E-state index is 12.8. The van der Waals surface area contributed by atoms with Crippen molar-refractivity contribution in [1.29, 1.82) is 0 Å². The van der Waals surface area contributed by atoms with Crippen LogP contribution >= 0.6 is 0 Å². The van der Waals surface area contributed by atoms with E-state index >= 15 is 0 Å². The highest BCUT2D eigenvalue weighted by Gasteiger charge is 2.38. The average Bonchev–Trinajstić information content (AvgIpc) is 3.47. The number of benzene rings is 1. The first-order valence-electron chi connectivity index (χ1n) is 9.56. The predicted molar refractivity (Wildman–Crippen MR) is 102 cm³/mol. The van der Waals surface area contributed by atoms with E-state index < -0.39 is 0 Å². The number of carbonyl (C=O) groups is 1. The summed E-state index contributed by atoms with van der Waals surface area (Å²) in [5, 5.41) is 0. The number of rotatable bonds is 4. The molecule has 0 spiro atoms. The van der Waals surface area contributed by atoms with Gasteiger partial charge in [0, 0.05) is 43.8 Å². The molecule has 1 saturated carbocycles. The summed E-state index contributed by atoms with van der Waals surface area (Å²) in [4.78, 5) is 23.7. The van der Waals surface area contributed by atoms with Crippen molar-refractivity contribution >= 4 is 5.91 Å². The molecule has 1 atom stereocenters. The van der Waals surface area contributed by atoms with Crippen LogP contribution in [0.15, 0.2) is 61.2 Å². The van der Waals surface area contributed by atoms with Gasteiger partial charge in [-0.15, -0.1) is 0 Å².